The molecule has 0 saturated heterocycles. The maximum Gasteiger partial charge on any atom is 0.229 e. The average Bonchev–Trinajstić information content (AvgIpc) is 2.28. The first-order valence-corrected chi connectivity index (χ1v) is 4.80. The molecule has 1 radical (unpaired) electrons. The lowest BCUT2D eigenvalue weighted by Gasteiger charge is -2.28. The summed E-state index contributed by atoms with van der Waals surface area (Å²) in [6, 6.07) is 0. The number of hydrogen-bond acceptors (Lipinski definition) is 3. The lowest BCUT2D eigenvalue weighted by molar-refractivity contribution is -0.122. The van der Waals surface area contributed by atoms with E-state index < -0.39 is 6.10 Å². The van der Waals surface area contributed by atoms with Crippen molar-refractivity contribution in [3.8, 4) is 0 Å². The normalized spacial score (nSPS) is 29.3. The second-order valence-corrected chi connectivity index (χ2v) is 3.65. The topological polar surface area (TPSA) is 43.4 Å². The van der Waals surface area contributed by atoms with Gasteiger partial charge in [0.1, 0.15) is 6.10 Å². The molecule has 3 nitrogen and oxygen atoms in total. The van der Waals surface area contributed by atoms with Crippen LogP contribution in [0.2, 0.25) is 0 Å². The lowest BCUT2D eigenvalue weighted by Crippen LogP contribution is -2.31. The molecule has 0 aromatic rings. The van der Waals surface area contributed by atoms with Crippen molar-refractivity contribution in [2.45, 2.75) is 12.5 Å². The summed E-state index contributed by atoms with van der Waals surface area (Å²) < 4.78 is 5.14. The minimum absolute atomic E-state index is 0.0352. The molecule has 2 atom stereocenters. The quantitative estimate of drug-likeness (QED) is 0.675. The molecule has 0 heterocycles. The Hall–Kier alpha value is -1.48. The van der Waals surface area contributed by atoms with Gasteiger partial charge in [-0.3, -0.25) is 9.59 Å². The molecular weight excluding hydrogens is 192 g/mol. The zero-order valence-corrected chi connectivity index (χ0v) is 8.40. The zero-order chi connectivity index (χ0) is 10.8. The minimum Gasteiger partial charge on any atom is -0.369 e. The van der Waals surface area contributed by atoms with E-state index in [1.807, 2.05) is 12.4 Å². The van der Waals surface area contributed by atoms with Crippen LogP contribution in [0.25, 0.3) is 0 Å². The predicted octanol–water partition coefficient (Wildman–Crippen LogP) is 1.12. The third-order valence-electron chi connectivity index (χ3n) is 2.77. The maximum absolute atomic E-state index is 11.5. The zero-order valence-electron chi connectivity index (χ0n) is 8.40. The molecule has 0 spiro atoms. The van der Waals surface area contributed by atoms with Crippen molar-refractivity contribution in [3.05, 3.63) is 35.5 Å². The number of carbonyl (C=O) groups excluding carboxylic acids is 2. The molecule has 0 aromatic heterocycles. The highest BCUT2D eigenvalue weighted by atomic mass is 16.5. The molecule has 2 unspecified atom stereocenters. The molecule has 3 heteroatoms. The van der Waals surface area contributed by atoms with Gasteiger partial charge < -0.3 is 4.74 Å². The fraction of sp³-hybridized carbons (Fsp3) is 0.333. The smallest absolute Gasteiger partial charge is 0.229 e. The van der Waals surface area contributed by atoms with E-state index in [-0.39, 0.29) is 11.7 Å². The summed E-state index contributed by atoms with van der Waals surface area (Å²) in [5.41, 5.74) is 1.57. The van der Waals surface area contributed by atoms with E-state index in [0.717, 1.165) is 5.57 Å². The Morgan fingerprint density at radius 1 is 1.47 bits per heavy atom. The standard InChI is InChI=1S/C12H11O3/c1-15-12-10-4-2-8(7-13)6-9(10)3-5-11(12)14/h2-5,9,12H,6H2,1H3. The van der Waals surface area contributed by atoms with Gasteiger partial charge >= 0.3 is 0 Å². The van der Waals surface area contributed by atoms with E-state index in [2.05, 4.69) is 0 Å². The summed E-state index contributed by atoms with van der Waals surface area (Å²) >= 11 is 0. The SMILES string of the molecule is COC1C(=O)C=CC2CC([C]=O)=CC=C21. The molecule has 77 valence electrons. The van der Waals surface area contributed by atoms with Crippen LogP contribution in [-0.2, 0) is 14.3 Å². The van der Waals surface area contributed by atoms with Crippen LogP contribution in [0.4, 0.5) is 0 Å². The molecule has 0 amide bonds. The van der Waals surface area contributed by atoms with E-state index >= 15 is 0 Å². The summed E-state index contributed by atoms with van der Waals surface area (Å²) in [7, 11) is 1.52. The molecule has 2 rings (SSSR count). The molecule has 0 N–H and O–H groups in total. The Kier molecular flexibility index (Phi) is 2.64. The van der Waals surface area contributed by atoms with Crippen LogP contribution in [0.15, 0.2) is 35.5 Å². The van der Waals surface area contributed by atoms with Crippen LogP contribution in [0, 0.1) is 5.92 Å². The van der Waals surface area contributed by atoms with Crippen molar-refractivity contribution < 1.29 is 14.3 Å². The van der Waals surface area contributed by atoms with Crippen molar-refractivity contribution >= 4 is 12.1 Å². The van der Waals surface area contributed by atoms with E-state index in [1.165, 1.54) is 13.2 Å². The maximum atomic E-state index is 11.5. The number of allylic oxidation sites excluding steroid dienone is 4. The molecule has 2 aliphatic carbocycles. The van der Waals surface area contributed by atoms with Crippen molar-refractivity contribution in [2.24, 2.45) is 5.92 Å². The van der Waals surface area contributed by atoms with Crippen LogP contribution in [0.5, 0.6) is 0 Å². The summed E-state index contributed by atoms with van der Waals surface area (Å²) in [5, 5.41) is 0. The summed E-state index contributed by atoms with van der Waals surface area (Å²) in [5.74, 6) is 0.0704. The highest BCUT2D eigenvalue weighted by Gasteiger charge is 2.31. The Balaban J connectivity index is 2.36. The van der Waals surface area contributed by atoms with E-state index in [9.17, 15) is 9.59 Å². The van der Waals surface area contributed by atoms with Gasteiger partial charge in [0, 0.05) is 18.6 Å². The van der Waals surface area contributed by atoms with Gasteiger partial charge in [0.2, 0.25) is 6.29 Å². The third-order valence-corrected chi connectivity index (χ3v) is 2.77. The highest BCUT2D eigenvalue weighted by molar-refractivity contribution is 5.97. The van der Waals surface area contributed by atoms with Gasteiger partial charge in [-0.15, -0.1) is 0 Å². The van der Waals surface area contributed by atoms with Gasteiger partial charge in [-0.2, -0.15) is 0 Å². The highest BCUT2D eigenvalue weighted by Crippen LogP contribution is 2.32. The van der Waals surface area contributed by atoms with Crippen molar-refractivity contribution in [2.75, 3.05) is 7.11 Å². The number of methoxy groups -OCH3 is 1. The van der Waals surface area contributed by atoms with Crippen LogP contribution in [0.1, 0.15) is 6.42 Å². The first-order valence-electron chi connectivity index (χ1n) is 4.80. The van der Waals surface area contributed by atoms with Gasteiger partial charge in [-0.25, -0.2) is 0 Å². The Labute approximate surface area is 88.1 Å². The summed E-state index contributed by atoms with van der Waals surface area (Å²) in [6.45, 7) is 0. The fourth-order valence-electron chi connectivity index (χ4n) is 1.99. The monoisotopic (exact) mass is 203 g/mol. The number of fused-ring (bicyclic) bond motifs is 1. The number of rotatable bonds is 2. The van der Waals surface area contributed by atoms with Gasteiger partial charge in [-0.1, -0.05) is 18.2 Å². The molecule has 0 saturated carbocycles. The lowest BCUT2D eigenvalue weighted by atomic mass is 9.80. The molecule has 2 aliphatic rings. The first kappa shape index (κ1) is 10.1. The van der Waals surface area contributed by atoms with E-state index in [4.69, 9.17) is 4.74 Å². The largest absolute Gasteiger partial charge is 0.369 e. The Morgan fingerprint density at radius 2 is 2.27 bits per heavy atom. The summed E-state index contributed by atoms with van der Waals surface area (Å²) in [6.07, 6.45) is 8.88. The number of hydrogen-bond donors (Lipinski definition) is 0. The van der Waals surface area contributed by atoms with Gasteiger partial charge in [-0.05, 0) is 18.1 Å². The van der Waals surface area contributed by atoms with Crippen LogP contribution < -0.4 is 0 Å². The van der Waals surface area contributed by atoms with Crippen LogP contribution >= 0.6 is 0 Å². The van der Waals surface area contributed by atoms with Crippen molar-refractivity contribution in [3.63, 3.8) is 0 Å². The van der Waals surface area contributed by atoms with E-state index in [1.54, 1.807) is 12.2 Å². The minimum atomic E-state index is -0.482. The van der Waals surface area contributed by atoms with Gasteiger partial charge in [0.15, 0.2) is 5.78 Å². The second kappa shape index (κ2) is 3.95. The molecule has 0 aromatic carbocycles. The molecule has 0 fully saturated rings. The van der Waals surface area contributed by atoms with Crippen LogP contribution in [-0.4, -0.2) is 25.3 Å². The number of ketones is 1. The molecule has 0 bridgehead atoms. The van der Waals surface area contributed by atoms with Gasteiger partial charge in [0.25, 0.3) is 0 Å². The van der Waals surface area contributed by atoms with E-state index in [0.29, 0.717) is 12.0 Å². The third kappa shape index (κ3) is 1.70. The fourth-order valence-corrected chi connectivity index (χ4v) is 1.99. The average molecular weight is 203 g/mol. The van der Waals surface area contributed by atoms with Crippen molar-refractivity contribution in [1.29, 1.82) is 0 Å². The number of carbonyl (C=O) groups is 1. The predicted molar refractivity (Wildman–Crippen MR) is 54.9 cm³/mol. The van der Waals surface area contributed by atoms with Crippen LogP contribution in [0.3, 0.4) is 0 Å². The molecule has 15 heavy (non-hydrogen) atoms. The summed E-state index contributed by atoms with van der Waals surface area (Å²) in [4.78, 5) is 22.0. The Bertz CT molecular complexity index is 388. The van der Waals surface area contributed by atoms with Gasteiger partial charge in [0.05, 0.1) is 0 Å². The molecular formula is C12H11O3. The Morgan fingerprint density at radius 3 is 2.93 bits per heavy atom. The first-order chi connectivity index (χ1) is 7.26. The second-order valence-electron chi connectivity index (χ2n) is 3.65. The van der Waals surface area contributed by atoms with Crippen molar-refractivity contribution in [1.82, 2.24) is 0 Å². The number of ether oxygens (including phenoxy) is 1. The molecule has 0 aliphatic heterocycles.